The van der Waals surface area contributed by atoms with Crippen molar-refractivity contribution < 1.29 is 13.2 Å². The summed E-state index contributed by atoms with van der Waals surface area (Å²) in [5, 5.41) is 3.85. The van der Waals surface area contributed by atoms with Gasteiger partial charge in [-0.1, -0.05) is 24.3 Å². The van der Waals surface area contributed by atoms with Crippen molar-refractivity contribution >= 4 is 26.6 Å². The van der Waals surface area contributed by atoms with E-state index in [1.807, 2.05) is 30.3 Å². The third-order valence-corrected chi connectivity index (χ3v) is 5.82. The zero-order valence-electron chi connectivity index (χ0n) is 12.2. The summed E-state index contributed by atoms with van der Waals surface area (Å²) >= 11 is 0. The second kappa shape index (κ2) is 6.04. The lowest BCUT2D eigenvalue weighted by molar-refractivity contribution is -0.120. The molecule has 22 heavy (non-hydrogen) atoms. The maximum absolute atomic E-state index is 12.1. The van der Waals surface area contributed by atoms with E-state index in [-0.39, 0.29) is 29.8 Å². The molecule has 0 radical (unpaired) electrons. The van der Waals surface area contributed by atoms with E-state index in [4.69, 9.17) is 0 Å². The van der Waals surface area contributed by atoms with E-state index in [1.165, 1.54) is 0 Å². The van der Waals surface area contributed by atoms with E-state index >= 15 is 0 Å². The van der Waals surface area contributed by atoms with Crippen molar-refractivity contribution in [2.75, 3.05) is 18.1 Å². The van der Waals surface area contributed by atoms with Crippen LogP contribution in [-0.4, -0.2) is 37.4 Å². The summed E-state index contributed by atoms with van der Waals surface area (Å²) in [7, 11) is -2.89. The molecule has 0 aliphatic carbocycles. The van der Waals surface area contributed by atoms with Crippen LogP contribution in [0.1, 0.15) is 12.0 Å². The number of hydrogen-bond acceptors (Lipinski definition) is 4. The molecule has 116 valence electrons. The Labute approximate surface area is 129 Å². The molecule has 0 saturated carbocycles. The van der Waals surface area contributed by atoms with Gasteiger partial charge in [-0.3, -0.25) is 9.78 Å². The van der Waals surface area contributed by atoms with Crippen LogP contribution in [-0.2, 0) is 21.1 Å². The third kappa shape index (κ3) is 3.44. The first kappa shape index (κ1) is 15.0. The first-order valence-corrected chi connectivity index (χ1v) is 9.15. The monoisotopic (exact) mass is 318 g/mol. The zero-order valence-corrected chi connectivity index (χ0v) is 13.0. The van der Waals surface area contributed by atoms with Gasteiger partial charge in [0.2, 0.25) is 5.91 Å². The van der Waals surface area contributed by atoms with Gasteiger partial charge in [0.15, 0.2) is 9.84 Å². The number of nitrogens with zero attached hydrogens (tertiary/aromatic N) is 1. The predicted octanol–water partition coefficient (Wildman–Crippen LogP) is 1.33. The number of rotatable bonds is 4. The summed E-state index contributed by atoms with van der Waals surface area (Å²) < 4.78 is 22.8. The van der Waals surface area contributed by atoms with Gasteiger partial charge in [0.25, 0.3) is 0 Å². The van der Waals surface area contributed by atoms with Gasteiger partial charge in [0, 0.05) is 18.1 Å². The summed E-state index contributed by atoms with van der Waals surface area (Å²) in [6.07, 6.45) is 2.61. The van der Waals surface area contributed by atoms with Gasteiger partial charge in [0.05, 0.1) is 23.4 Å². The predicted molar refractivity (Wildman–Crippen MR) is 85.2 cm³/mol. The van der Waals surface area contributed by atoms with Gasteiger partial charge < -0.3 is 5.32 Å². The molecule has 1 aromatic carbocycles. The van der Waals surface area contributed by atoms with Gasteiger partial charge >= 0.3 is 0 Å². The van der Waals surface area contributed by atoms with E-state index in [0.717, 1.165) is 16.5 Å². The number of aromatic nitrogens is 1. The van der Waals surface area contributed by atoms with Crippen molar-refractivity contribution in [1.29, 1.82) is 0 Å². The van der Waals surface area contributed by atoms with Crippen LogP contribution in [0.2, 0.25) is 0 Å². The van der Waals surface area contributed by atoms with Crippen molar-refractivity contribution in [2.24, 2.45) is 5.92 Å². The highest BCUT2D eigenvalue weighted by molar-refractivity contribution is 7.91. The molecule has 0 spiro atoms. The van der Waals surface area contributed by atoms with E-state index < -0.39 is 9.84 Å². The Hall–Kier alpha value is -1.95. The third-order valence-electron chi connectivity index (χ3n) is 3.98. The molecule has 1 amide bonds. The minimum atomic E-state index is -2.89. The van der Waals surface area contributed by atoms with E-state index in [0.29, 0.717) is 13.0 Å². The molecule has 2 heterocycles. The number of hydrogen-bond donors (Lipinski definition) is 1. The standard InChI is InChI=1S/C16H18N2O3S/c19-15(18-10-12-6-8-22(20,21)11-12)9-14-4-1-3-13-5-2-7-17-16(13)14/h1-5,7,12H,6,8-11H2,(H,18,19)/t12-/m1/s1. The Balaban J connectivity index is 1.62. The minimum absolute atomic E-state index is 0.0413. The topological polar surface area (TPSA) is 76.1 Å². The normalized spacial score (nSPS) is 20.1. The highest BCUT2D eigenvalue weighted by Gasteiger charge is 2.27. The lowest BCUT2D eigenvalue weighted by atomic mass is 10.1. The summed E-state index contributed by atoms with van der Waals surface area (Å²) in [5.74, 6) is 0.367. The van der Waals surface area contributed by atoms with Gasteiger partial charge in [-0.05, 0) is 24.0 Å². The molecule has 2 aromatic rings. The number of fused-ring (bicyclic) bond motifs is 1. The fourth-order valence-corrected chi connectivity index (χ4v) is 4.70. The highest BCUT2D eigenvalue weighted by Crippen LogP contribution is 2.18. The second-order valence-electron chi connectivity index (χ2n) is 5.74. The van der Waals surface area contributed by atoms with Gasteiger partial charge in [-0.2, -0.15) is 0 Å². The quantitative estimate of drug-likeness (QED) is 0.922. The minimum Gasteiger partial charge on any atom is -0.356 e. The summed E-state index contributed by atoms with van der Waals surface area (Å²) in [4.78, 5) is 16.4. The molecule has 1 N–H and O–H groups in total. The number of sulfone groups is 1. The molecule has 1 atom stereocenters. The summed E-state index contributed by atoms with van der Waals surface area (Å²) in [6, 6.07) is 9.61. The SMILES string of the molecule is O=C(Cc1cccc2cccnc12)NC[C@H]1CCS(=O)(=O)C1. The highest BCUT2D eigenvalue weighted by atomic mass is 32.2. The average molecular weight is 318 g/mol. The van der Waals surface area contributed by atoms with Crippen LogP contribution in [0.3, 0.4) is 0 Å². The smallest absolute Gasteiger partial charge is 0.224 e. The molecule has 1 aliphatic heterocycles. The molecule has 5 nitrogen and oxygen atoms in total. The van der Waals surface area contributed by atoms with Gasteiger partial charge in [-0.15, -0.1) is 0 Å². The van der Waals surface area contributed by atoms with E-state index in [1.54, 1.807) is 6.20 Å². The molecular weight excluding hydrogens is 300 g/mol. The molecule has 0 bridgehead atoms. The zero-order chi connectivity index (χ0) is 15.6. The number of carbonyl (C=O) groups excluding carboxylic acids is 1. The van der Waals surface area contributed by atoms with Crippen LogP contribution in [0, 0.1) is 5.92 Å². The maximum atomic E-state index is 12.1. The Morgan fingerprint density at radius 3 is 2.86 bits per heavy atom. The molecule has 1 aromatic heterocycles. The largest absolute Gasteiger partial charge is 0.356 e. The molecule has 1 saturated heterocycles. The summed E-state index contributed by atoms with van der Waals surface area (Å²) in [6.45, 7) is 0.427. The molecule has 1 fully saturated rings. The lowest BCUT2D eigenvalue weighted by Gasteiger charge is -2.10. The van der Waals surface area contributed by atoms with Crippen LogP contribution in [0.5, 0.6) is 0 Å². The molecule has 3 rings (SSSR count). The first-order valence-electron chi connectivity index (χ1n) is 7.33. The number of para-hydroxylation sites is 1. The summed E-state index contributed by atoms with van der Waals surface area (Å²) in [5.41, 5.74) is 1.72. The lowest BCUT2D eigenvalue weighted by Crippen LogP contribution is -2.31. The van der Waals surface area contributed by atoms with Gasteiger partial charge in [0.1, 0.15) is 0 Å². The number of carbonyl (C=O) groups is 1. The Bertz CT molecular complexity index is 797. The van der Waals surface area contributed by atoms with Crippen LogP contribution >= 0.6 is 0 Å². The number of pyridine rings is 1. The van der Waals surface area contributed by atoms with Crippen LogP contribution in [0.15, 0.2) is 36.5 Å². The van der Waals surface area contributed by atoms with Crippen LogP contribution in [0.25, 0.3) is 10.9 Å². The van der Waals surface area contributed by atoms with Gasteiger partial charge in [-0.25, -0.2) is 8.42 Å². The van der Waals surface area contributed by atoms with Crippen molar-refractivity contribution in [3.63, 3.8) is 0 Å². The fourth-order valence-electron chi connectivity index (χ4n) is 2.84. The Morgan fingerprint density at radius 2 is 2.09 bits per heavy atom. The van der Waals surface area contributed by atoms with Crippen LogP contribution < -0.4 is 5.32 Å². The van der Waals surface area contributed by atoms with Crippen LogP contribution in [0.4, 0.5) is 0 Å². The number of nitrogens with one attached hydrogen (secondary N) is 1. The van der Waals surface area contributed by atoms with Crippen molar-refractivity contribution in [3.8, 4) is 0 Å². The van der Waals surface area contributed by atoms with Crippen molar-refractivity contribution in [1.82, 2.24) is 10.3 Å². The molecule has 6 heteroatoms. The molecule has 0 unspecified atom stereocenters. The van der Waals surface area contributed by atoms with Crippen molar-refractivity contribution in [2.45, 2.75) is 12.8 Å². The average Bonchev–Trinajstić information content (AvgIpc) is 2.85. The Kier molecular flexibility index (Phi) is 4.11. The maximum Gasteiger partial charge on any atom is 0.224 e. The Morgan fingerprint density at radius 1 is 1.27 bits per heavy atom. The second-order valence-corrected chi connectivity index (χ2v) is 7.97. The molecular formula is C16H18N2O3S. The van der Waals surface area contributed by atoms with Crippen molar-refractivity contribution in [3.05, 3.63) is 42.1 Å². The van der Waals surface area contributed by atoms with E-state index in [2.05, 4.69) is 10.3 Å². The number of amides is 1. The number of benzene rings is 1. The molecule has 1 aliphatic rings. The first-order chi connectivity index (χ1) is 10.5. The van der Waals surface area contributed by atoms with E-state index in [9.17, 15) is 13.2 Å². The fraction of sp³-hybridized carbons (Fsp3) is 0.375.